The lowest BCUT2D eigenvalue weighted by atomic mass is 10.1. The Morgan fingerprint density at radius 2 is 2.14 bits per heavy atom. The second kappa shape index (κ2) is 5.67. The smallest absolute Gasteiger partial charge is 0.0992 e. The summed E-state index contributed by atoms with van der Waals surface area (Å²) < 4.78 is 0. The monoisotopic (exact) mass is 297 g/mol. The van der Waals surface area contributed by atoms with Crippen LogP contribution >= 0.6 is 11.6 Å². The third kappa shape index (κ3) is 2.81. The molecule has 2 aromatic carbocycles. The van der Waals surface area contributed by atoms with E-state index in [0.29, 0.717) is 10.6 Å². The Morgan fingerprint density at radius 1 is 1.29 bits per heavy atom. The summed E-state index contributed by atoms with van der Waals surface area (Å²) in [6.07, 6.45) is 1.11. The van der Waals surface area contributed by atoms with Gasteiger partial charge < -0.3 is 10.2 Å². The number of nitriles is 1. The van der Waals surface area contributed by atoms with E-state index in [2.05, 4.69) is 41.5 Å². The summed E-state index contributed by atoms with van der Waals surface area (Å²) in [5.74, 6) is 0. The zero-order chi connectivity index (χ0) is 14.8. The Labute approximate surface area is 129 Å². The molecule has 0 saturated carbocycles. The number of benzene rings is 2. The number of anilines is 2. The summed E-state index contributed by atoms with van der Waals surface area (Å²) in [5, 5.41) is 12.7. The first-order valence-electron chi connectivity index (χ1n) is 6.94. The fourth-order valence-electron chi connectivity index (χ4n) is 2.66. The summed E-state index contributed by atoms with van der Waals surface area (Å²) in [5.41, 5.74) is 5.40. The van der Waals surface area contributed by atoms with Gasteiger partial charge >= 0.3 is 0 Å². The van der Waals surface area contributed by atoms with Crippen LogP contribution in [0.2, 0.25) is 5.02 Å². The van der Waals surface area contributed by atoms with Crippen molar-refractivity contribution in [3.05, 3.63) is 58.1 Å². The number of hydrogen-bond donors (Lipinski definition) is 1. The minimum absolute atomic E-state index is 0.575. The highest BCUT2D eigenvalue weighted by molar-refractivity contribution is 6.33. The van der Waals surface area contributed by atoms with E-state index in [1.807, 2.05) is 6.07 Å². The molecule has 0 saturated heterocycles. The van der Waals surface area contributed by atoms with E-state index >= 15 is 0 Å². The molecule has 2 aromatic rings. The zero-order valence-electron chi connectivity index (χ0n) is 11.9. The van der Waals surface area contributed by atoms with E-state index in [1.54, 1.807) is 12.1 Å². The maximum atomic E-state index is 8.84. The lowest BCUT2D eigenvalue weighted by Gasteiger charge is -2.13. The van der Waals surface area contributed by atoms with Crippen LogP contribution in [0.5, 0.6) is 0 Å². The van der Waals surface area contributed by atoms with Gasteiger partial charge in [0.1, 0.15) is 0 Å². The van der Waals surface area contributed by atoms with Crippen molar-refractivity contribution in [1.82, 2.24) is 0 Å². The van der Waals surface area contributed by atoms with Crippen molar-refractivity contribution in [1.29, 1.82) is 5.26 Å². The molecule has 0 aliphatic carbocycles. The van der Waals surface area contributed by atoms with E-state index in [0.717, 1.165) is 25.2 Å². The van der Waals surface area contributed by atoms with Crippen molar-refractivity contribution in [3.8, 4) is 6.07 Å². The average molecular weight is 298 g/mol. The van der Waals surface area contributed by atoms with Crippen molar-refractivity contribution >= 4 is 23.0 Å². The van der Waals surface area contributed by atoms with Crippen LogP contribution in [-0.4, -0.2) is 13.6 Å². The zero-order valence-corrected chi connectivity index (χ0v) is 12.6. The van der Waals surface area contributed by atoms with Gasteiger partial charge in [-0.25, -0.2) is 0 Å². The fourth-order valence-corrected chi connectivity index (χ4v) is 2.90. The van der Waals surface area contributed by atoms with Crippen molar-refractivity contribution in [2.45, 2.75) is 13.0 Å². The lowest BCUT2D eigenvalue weighted by molar-refractivity contribution is 0.955. The largest absolute Gasteiger partial charge is 0.380 e. The molecule has 106 valence electrons. The molecule has 1 N–H and O–H groups in total. The number of fused-ring (bicyclic) bond motifs is 1. The highest BCUT2D eigenvalue weighted by Gasteiger charge is 2.15. The molecular weight excluding hydrogens is 282 g/mol. The highest BCUT2D eigenvalue weighted by Crippen LogP contribution is 2.28. The van der Waals surface area contributed by atoms with Gasteiger partial charge in [-0.15, -0.1) is 0 Å². The number of rotatable bonds is 3. The Morgan fingerprint density at radius 3 is 2.90 bits per heavy atom. The standard InChI is InChI=1S/C17H16ClN3/c1-21-7-6-14-8-13(3-5-17(14)21)11-20-16-4-2-12(10-19)9-15(16)18/h2-5,8-9,20H,6-7,11H2,1H3. The first-order chi connectivity index (χ1) is 10.2. The van der Waals surface area contributed by atoms with Crippen LogP contribution in [0.25, 0.3) is 0 Å². The van der Waals surface area contributed by atoms with E-state index in [1.165, 1.54) is 16.8 Å². The average Bonchev–Trinajstić information content (AvgIpc) is 2.87. The number of nitrogens with zero attached hydrogens (tertiary/aromatic N) is 2. The van der Waals surface area contributed by atoms with E-state index in [-0.39, 0.29) is 0 Å². The Balaban J connectivity index is 1.72. The molecule has 3 rings (SSSR count). The Bertz CT molecular complexity index is 718. The van der Waals surface area contributed by atoms with E-state index in [9.17, 15) is 0 Å². The van der Waals surface area contributed by atoms with Crippen LogP contribution in [0.15, 0.2) is 36.4 Å². The maximum absolute atomic E-state index is 8.84. The minimum atomic E-state index is 0.575. The first kappa shape index (κ1) is 13.8. The molecule has 0 atom stereocenters. The van der Waals surface area contributed by atoms with Gasteiger partial charge in [0.15, 0.2) is 0 Å². The van der Waals surface area contributed by atoms with Crippen molar-refractivity contribution in [3.63, 3.8) is 0 Å². The molecular formula is C17H16ClN3. The van der Waals surface area contributed by atoms with Gasteiger partial charge in [0.2, 0.25) is 0 Å². The predicted octanol–water partition coefficient (Wildman–Crippen LogP) is 3.82. The van der Waals surface area contributed by atoms with Crippen LogP contribution < -0.4 is 10.2 Å². The lowest BCUT2D eigenvalue weighted by Crippen LogP contribution is -2.12. The molecule has 0 aromatic heterocycles. The van der Waals surface area contributed by atoms with Gasteiger partial charge in [0.25, 0.3) is 0 Å². The van der Waals surface area contributed by atoms with Crippen LogP contribution in [0.3, 0.4) is 0 Å². The number of nitrogens with one attached hydrogen (secondary N) is 1. The van der Waals surface area contributed by atoms with Gasteiger partial charge in [0.05, 0.1) is 22.3 Å². The summed E-state index contributed by atoms with van der Waals surface area (Å²) >= 11 is 6.17. The molecule has 1 heterocycles. The maximum Gasteiger partial charge on any atom is 0.0992 e. The molecule has 1 aliphatic heterocycles. The van der Waals surface area contributed by atoms with Crippen LogP contribution in [-0.2, 0) is 13.0 Å². The molecule has 0 unspecified atom stereocenters. The number of likely N-dealkylation sites (N-methyl/N-ethyl adjacent to an activating group) is 1. The summed E-state index contributed by atoms with van der Waals surface area (Å²) in [7, 11) is 2.13. The topological polar surface area (TPSA) is 39.1 Å². The van der Waals surface area contributed by atoms with Gasteiger partial charge in [0, 0.05) is 25.8 Å². The summed E-state index contributed by atoms with van der Waals surface area (Å²) in [6, 6.07) is 14.0. The predicted molar refractivity (Wildman–Crippen MR) is 86.9 cm³/mol. The quantitative estimate of drug-likeness (QED) is 0.936. The highest BCUT2D eigenvalue weighted by atomic mass is 35.5. The van der Waals surface area contributed by atoms with Crippen molar-refractivity contribution in [2.75, 3.05) is 23.8 Å². The summed E-state index contributed by atoms with van der Waals surface area (Å²) in [4.78, 5) is 2.28. The normalized spacial score (nSPS) is 12.9. The Kier molecular flexibility index (Phi) is 3.72. The molecule has 21 heavy (non-hydrogen) atoms. The van der Waals surface area contributed by atoms with Crippen molar-refractivity contribution in [2.24, 2.45) is 0 Å². The molecule has 0 fully saturated rings. The minimum Gasteiger partial charge on any atom is -0.380 e. The molecule has 3 nitrogen and oxygen atoms in total. The van der Waals surface area contributed by atoms with Gasteiger partial charge in [-0.2, -0.15) is 5.26 Å². The fraction of sp³-hybridized carbons (Fsp3) is 0.235. The van der Waals surface area contributed by atoms with Crippen LogP contribution in [0, 0.1) is 11.3 Å². The molecule has 0 radical (unpaired) electrons. The molecule has 4 heteroatoms. The van der Waals surface area contributed by atoms with Crippen LogP contribution in [0.4, 0.5) is 11.4 Å². The third-order valence-corrected chi connectivity index (χ3v) is 4.17. The molecule has 0 bridgehead atoms. The number of hydrogen-bond acceptors (Lipinski definition) is 3. The van der Waals surface area contributed by atoms with Gasteiger partial charge in [-0.05, 0) is 41.8 Å². The van der Waals surface area contributed by atoms with E-state index in [4.69, 9.17) is 16.9 Å². The molecule has 0 spiro atoms. The number of halogens is 1. The van der Waals surface area contributed by atoms with Gasteiger partial charge in [-0.1, -0.05) is 23.7 Å². The second-order valence-electron chi connectivity index (χ2n) is 5.29. The second-order valence-corrected chi connectivity index (χ2v) is 5.70. The van der Waals surface area contributed by atoms with Crippen molar-refractivity contribution < 1.29 is 0 Å². The molecule has 1 aliphatic rings. The summed E-state index contributed by atoms with van der Waals surface area (Å²) in [6.45, 7) is 1.82. The van der Waals surface area contributed by atoms with Crippen LogP contribution in [0.1, 0.15) is 16.7 Å². The SMILES string of the molecule is CN1CCc2cc(CNc3ccc(C#N)cc3Cl)ccc21. The van der Waals surface area contributed by atoms with E-state index < -0.39 is 0 Å². The third-order valence-electron chi connectivity index (χ3n) is 3.85. The molecule has 0 amide bonds. The first-order valence-corrected chi connectivity index (χ1v) is 7.31. The Hall–Kier alpha value is -2.18. The van der Waals surface area contributed by atoms with Gasteiger partial charge in [-0.3, -0.25) is 0 Å².